The molecule has 1 N–H and O–H groups in total. The fraction of sp³-hybridized carbons (Fsp3) is 0.526. The number of methoxy groups -OCH3 is 1. The number of carbonyl (C=O) groups is 1. The van der Waals surface area contributed by atoms with Crippen LogP contribution in [0.1, 0.15) is 30.4 Å². The van der Waals surface area contributed by atoms with Crippen LogP contribution in [-0.2, 0) is 4.74 Å². The Labute approximate surface area is 137 Å². The van der Waals surface area contributed by atoms with E-state index in [4.69, 9.17) is 4.74 Å². The van der Waals surface area contributed by atoms with E-state index in [0.29, 0.717) is 13.1 Å². The molecule has 1 aromatic rings. The van der Waals surface area contributed by atoms with Gasteiger partial charge in [0.25, 0.3) is 0 Å². The molecular formula is C19H23NO3. The topological polar surface area (TPSA) is 49.8 Å². The first-order chi connectivity index (χ1) is 11.0. The van der Waals surface area contributed by atoms with E-state index in [9.17, 15) is 9.90 Å². The van der Waals surface area contributed by atoms with Gasteiger partial charge < -0.3 is 14.7 Å². The van der Waals surface area contributed by atoms with Crippen LogP contribution < -0.4 is 0 Å². The number of amides is 1. The lowest BCUT2D eigenvalue weighted by molar-refractivity contribution is -0.0936. The van der Waals surface area contributed by atoms with Crippen LogP contribution in [0.2, 0.25) is 0 Å². The van der Waals surface area contributed by atoms with Gasteiger partial charge in [0.15, 0.2) is 0 Å². The average Bonchev–Trinajstić information content (AvgIpc) is 2.52. The summed E-state index contributed by atoms with van der Waals surface area (Å²) in [6.07, 6.45) is 2.56. The normalized spacial score (nSPS) is 29.4. The molecule has 3 rings (SSSR count). The summed E-state index contributed by atoms with van der Waals surface area (Å²) < 4.78 is 4.83. The van der Waals surface area contributed by atoms with Gasteiger partial charge in [0.1, 0.15) is 5.60 Å². The summed E-state index contributed by atoms with van der Waals surface area (Å²) in [5.74, 6) is 6.28. The zero-order valence-corrected chi connectivity index (χ0v) is 13.7. The van der Waals surface area contributed by atoms with Gasteiger partial charge in [-0.25, -0.2) is 4.79 Å². The molecule has 4 nitrogen and oxygen atoms in total. The Hall–Kier alpha value is -1.99. The van der Waals surface area contributed by atoms with Gasteiger partial charge in [-0.3, -0.25) is 0 Å². The van der Waals surface area contributed by atoms with Gasteiger partial charge in [0, 0.05) is 30.5 Å². The number of ether oxygens (including phenoxy) is 1. The predicted molar refractivity (Wildman–Crippen MR) is 87.8 cm³/mol. The lowest BCUT2D eigenvalue weighted by atomic mass is 9.66. The SMILES string of the molecule is COC(=O)N1C[C@H]2CCC[C@@H](C1)C2(O)C#Cc1cccc(C)c1. The van der Waals surface area contributed by atoms with Crippen LogP contribution in [0.4, 0.5) is 4.79 Å². The smallest absolute Gasteiger partial charge is 0.409 e. The summed E-state index contributed by atoms with van der Waals surface area (Å²) in [4.78, 5) is 13.5. The zero-order valence-electron chi connectivity index (χ0n) is 13.7. The third-order valence-electron chi connectivity index (χ3n) is 5.09. The van der Waals surface area contributed by atoms with E-state index >= 15 is 0 Å². The molecule has 1 heterocycles. The van der Waals surface area contributed by atoms with Gasteiger partial charge in [-0.1, -0.05) is 30.4 Å². The van der Waals surface area contributed by atoms with Crippen molar-refractivity contribution in [2.75, 3.05) is 20.2 Å². The average molecular weight is 313 g/mol. The van der Waals surface area contributed by atoms with E-state index in [1.165, 1.54) is 7.11 Å². The highest BCUT2D eigenvalue weighted by Crippen LogP contribution is 2.42. The molecule has 0 spiro atoms. The quantitative estimate of drug-likeness (QED) is 0.749. The lowest BCUT2D eigenvalue weighted by Gasteiger charge is -2.50. The van der Waals surface area contributed by atoms with Crippen LogP contribution in [-0.4, -0.2) is 41.9 Å². The van der Waals surface area contributed by atoms with E-state index in [1.54, 1.807) is 4.90 Å². The Balaban J connectivity index is 1.85. The second kappa shape index (κ2) is 6.25. The Morgan fingerprint density at radius 2 is 2.04 bits per heavy atom. The summed E-state index contributed by atoms with van der Waals surface area (Å²) in [5, 5.41) is 11.2. The molecule has 2 fully saturated rings. The van der Waals surface area contributed by atoms with Crippen LogP contribution >= 0.6 is 0 Å². The second-order valence-corrected chi connectivity index (χ2v) is 6.64. The highest BCUT2D eigenvalue weighted by molar-refractivity contribution is 5.67. The molecule has 2 bridgehead atoms. The molecular weight excluding hydrogens is 290 g/mol. The number of nitrogens with zero attached hydrogens (tertiary/aromatic N) is 1. The summed E-state index contributed by atoms with van der Waals surface area (Å²) in [5.41, 5.74) is 1.07. The number of aryl methyl sites for hydroxylation is 1. The number of hydrogen-bond donors (Lipinski definition) is 1. The van der Waals surface area contributed by atoms with Crippen molar-refractivity contribution in [2.45, 2.75) is 31.8 Å². The monoisotopic (exact) mass is 313 g/mol. The van der Waals surface area contributed by atoms with Gasteiger partial charge in [-0.2, -0.15) is 0 Å². The van der Waals surface area contributed by atoms with Crippen LogP contribution in [0.3, 0.4) is 0 Å². The van der Waals surface area contributed by atoms with Crippen molar-refractivity contribution < 1.29 is 14.6 Å². The Morgan fingerprint density at radius 1 is 1.35 bits per heavy atom. The molecule has 23 heavy (non-hydrogen) atoms. The Morgan fingerprint density at radius 3 is 2.65 bits per heavy atom. The highest BCUT2D eigenvalue weighted by atomic mass is 16.5. The largest absolute Gasteiger partial charge is 0.453 e. The van der Waals surface area contributed by atoms with E-state index in [0.717, 1.165) is 30.4 Å². The maximum absolute atomic E-state index is 11.8. The molecule has 1 unspecified atom stereocenters. The standard InChI is InChI=1S/C19H23NO3/c1-14-5-3-6-15(11-14)9-10-19(22)16-7-4-8-17(19)13-20(12-16)18(21)23-2/h3,5-6,11,16-17,22H,4,7-8,12-13H2,1-2H3/t16-,17+,19?. The number of piperidine rings is 1. The molecule has 2 aliphatic rings. The second-order valence-electron chi connectivity index (χ2n) is 6.64. The Bertz CT molecular complexity index is 644. The number of hydrogen-bond acceptors (Lipinski definition) is 3. The zero-order chi connectivity index (χ0) is 16.4. The molecule has 1 amide bonds. The molecule has 1 aliphatic carbocycles. The number of carbonyl (C=O) groups excluding carboxylic acids is 1. The van der Waals surface area contributed by atoms with Crippen LogP contribution in [0.15, 0.2) is 24.3 Å². The van der Waals surface area contributed by atoms with Gasteiger partial charge in [0.2, 0.25) is 0 Å². The number of likely N-dealkylation sites (tertiary alicyclic amines) is 1. The number of rotatable bonds is 0. The number of fused-ring (bicyclic) bond motifs is 2. The fourth-order valence-electron chi connectivity index (χ4n) is 3.83. The minimum atomic E-state index is -1.01. The van der Waals surface area contributed by atoms with E-state index in [2.05, 4.69) is 11.8 Å². The first-order valence-corrected chi connectivity index (χ1v) is 8.18. The molecule has 1 aliphatic heterocycles. The lowest BCUT2D eigenvalue weighted by Crippen LogP contribution is -2.60. The maximum Gasteiger partial charge on any atom is 0.409 e. The van der Waals surface area contributed by atoms with Crippen LogP contribution in [0, 0.1) is 30.6 Å². The van der Waals surface area contributed by atoms with Crippen molar-refractivity contribution in [1.82, 2.24) is 4.90 Å². The molecule has 4 heteroatoms. The number of benzene rings is 1. The third-order valence-corrected chi connectivity index (χ3v) is 5.09. The predicted octanol–water partition coefficient (Wildman–Crippen LogP) is 2.58. The first-order valence-electron chi connectivity index (χ1n) is 8.18. The summed E-state index contributed by atoms with van der Waals surface area (Å²) in [6.45, 7) is 3.06. The first kappa shape index (κ1) is 15.9. The summed E-state index contributed by atoms with van der Waals surface area (Å²) in [6, 6.07) is 7.99. The summed E-state index contributed by atoms with van der Waals surface area (Å²) >= 11 is 0. The fourth-order valence-corrected chi connectivity index (χ4v) is 3.83. The molecule has 122 valence electrons. The van der Waals surface area contributed by atoms with Gasteiger partial charge in [0.05, 0.1) is 7.11 Å². The van der Waals surface area contributed by atoms with E-state index < -0.39 is 5.60 Å². The van der Waals surface area contributed by atoms with Gasteiger partial charge in [-0.05, 0) is 37.5 Å². The van der Waals surface area contributed by atoms with Crippen LogP contribution in [0.5, 0.6) is 0 Å². The van der Waals surface area contributed by atoms with Gasteiger partial charge in [-0.15, -0.1) is 0 Å². The molecule has 0 aromatic heterocycles. The van der Waals surface area contributed by atoms with E-state index in [1.807, 2.05) is 31.2 Å². The minimum Gasteiger partial charge on any atom is -0.453 e. The molecule has 3 atom stereocenters. The Kier molecular flexibility index (Phi) is 4.32. The van der Waals surface area contributed by atoms with Crippen molar-refractivity contribution in [3.63, 3.8) is 0 Å². The molecule has 1 aromatic carbocycles. The van der Waals surface area contributed by atoms with Crippen LogP contribution in [0.25, 0.3) is 0 Å². The summed E-state index contributed by atoms with van der Waals surface area (Å²) in [7, 11) is 1.40. The van der Waals surface area contributed by atoms with E-state index in [-0.39, 0.29) is 17.9 Å². The molecule has 1 saturated heterocycles. The van der Waals surface area contributed by atoms with Crippen molar-refractivity contribution in [2.24, 2.45) is 11.8 Å². The van der Waals surface area contributed by atoms with Crippen molar-refractivity contribution in [1.29, 1.82) is 0 Å². The van der Waals surface area contributed by atoms with Crippen molar-refractivity contribution >= 4 is 6.09 Å². The van der Waals surface area contributed by atoms with Crippen molar-refractivity contribution in [3.8, 4) is 11.8 Å². The van der Waals surface area contributed by atoms with Crippen molar-refractivity contribution in [3.05, 3.63) is 35.4 Å². The molecule has 1 saturated carbocycles. The number of aliphatic hydroxyl groups is 1. The molecule has 0 radical (unpaired) electrons. The maximum atomic E-state index is 11.8. The minimum absolute atomic E-state index is 0.00795. The van der Waals surface area contributed by atoms with Gasteiger partial charge >= 0.3 is 6.09 Å². The highest BCUT2D eigenvalue weighted by Gasteiger charge is 2.50. The third kappa shape index (κ3) is 3.07.